The average molecular weight is 280 g/mol. The summed E-state index contributed by atoms with van der Waals surface area (Å²) in [6.07, 6.45) is 2.27. The number of rotatable bonds is 4. The number of ether oxygens (including phenoxy) is 1. The van der Waals surface area contributed by atoms with E-state index >= 15 is 0 Å². The SMILES string of the molecule is O=C(O)C1(N2CCN(Cc3ccco3)CC2)CCOC1. The summed E-state index contributed by atoms with van der Waals surface area (Å²) in [4.78, 5) is 16.0. The second-order valence-electron chi connectivity index (χ2n) is 5.48. The van der Waals surface area contributed by atoms with Gasteiger partial charge in [-0.3, -0.25) is 14.6 Å². The predicted octanol–water partition coefficient (Wildman–Crippen LogP) is 0.641. The van der Waals surface area contributed by atoms with Gasteiger partial charge in [0.25, 0.3) is 0 Å². The van der Waals surface area contributed by atoms with Crippen LogP contribution >= 0.6 is 0 Å². The minimum atomic E-state index is -0.809. The highest BCUT2D eigenvalue weighted by atomic mass is 16.5. The third kappa shape index (κ3) is 2.46. The van der Waals surface area contributed by atoms with Crippen molar-refractivity contribution in [2.75, 3.05) is 39.4 Å². The predicted molar refractivity (Wildman–Crippen MR) is 71.4 cm³/mol. The molecule has 110 valence electrons. The van der Waals surface area contributed by atoms with Crippen LogP contribution in [-0.4, -0.2) is 65.8 Å². The second-order valence-corrected chi connectivity index (χ2v) is 5.48. The van der Waals surface area contributed by atoms with E-state index in [-0.39, 0.29) is 0 Å². The largest absolute Gasteiger partial charge is 0.480 e. The van der Waals surface area contributed by atoms with E-state index in [1.165, 1.54) is 0 Å². The number of carboxylic acids is 1. The van der Waals surface area contributed by atoms with Crippen molar-refractivity contribution < 1.29 is 19.1 Å². The summed E-state index contributed by atoms with van der Waals surface area (Å²) in [7, 11) is 0. The number of furan rings is 1. The smallest absolute Gasteiger partial charge is 0.326 e. The molecule has 1 aromatic heterocycles. The zero-order chi connectivity index (χ0) is 14.0. The van der Waals surface area contributed by atoms with Crippen LogP contribution in [0.4, 0.5) is 0 Å². The number of nitrogens with zero attached hydrogens (tertiary/aromatic N) is 2. The first-order chi connectivity index (χ1) is 9.71. The van der Waals surface area contributed by atoms with E-state index in [0.717, 1.165) is 38.5 Å². The third-order valence-electron chi connectivity index (χ3n) is 4.34. The van der Waals surface area contributed by atoms with Gasteiger partial charge in [0.05, 0.1) is 19.4 Å². The van der Waals surface area contributed by atoms with Crippen LogP contribution < -0.4 is 0 Å². The molecule has 3 rings (SSSR count). The van der Waals surface area contributed by atoms with Crippen molar-refractivity contribution in [3.63, 3.8) is 0 Å². The Bertz CT molecular complexity index is 446. The molecule has 2 aliphatic rings. The summed E-state index contributed by atoms with van der Waals surface area (Å²) in [5.74, 6) is 0.199. The van der Waals surface area contributed by atoms with Crippen LogP contribution in [0.5, 0.6) is 0 Å². The van der Waals surface area contributed by atoms with Gasteiger partial charge < -0.3 is 14.3 Å². The van der Waals surface area contributed by atoms with Crippen LogP contribution in [0, 0.1) is 0 Å². The van der Waals surface area contributed by atoms with Crippen LogP contribution in [-0.2, 0) is 16.1 Å². The summed E-state index contributed by atoms with van der Waals surface area (Å²) in [6.45, 7) is 4.87. The van der Waals surface area contributed by atoms with Gasteiger partial charge in [-0.15, -0.1) is 0 Å². The molecule has 1 unspecified atom stereocenters. The average Bonchev–Trinajstić information content (AvgIpc) is 3.10. The van der Waals surface area contributed by atoms with Crippen molar-refractivity contribution in [2.45, 2.75) is 18.5 Å². The van der Waals surface area contributed by atoms with E-state index in [1.807, 2.05) is 12.1 Å². The molecule has 3 heterocycles. The molecular formula is C14H20N2O4. The van der Waals surface area contributed by atoms with Crippen LogP contribution in [0.2, 0.25) is 0 Å². The molecule has 0 spiro atoms. The molecule has 0 amide bonds. The first-order valence-electron chi connectivity index (χ1n) is 7.02. The fourth-order valence-electron chi connectivity index (χ4n) is 3.06. The molecular weight excluding hydrogens is 260 g/mol. The highest BCUT2D eigenvalue weighted by Crippen LogP contribution is 2.28. The number of carboxylic acid groups (broad SMARTS) is 1. The molecule has 20 heavy (non-hydrogen) atoms. The first kappa shape index (κ1) is 13.6. The van der Waals surface area contributed by atoms with Crippen molar-refractivity contribution in [3.8, 4) is 0 Å². The van der Waals surface area contributed by atoms with Gasteiger partial charge in [0.15, 0.2) is 0 Å². The van der Waals surface area contributed by atoms with Crippen molar-refractivity contribution in [3.05, 3.63) is 24.2 Å². The van der Waals surface area contributed by atoms with Gasteiger partial charge in [-0.1, -0.05) is 0 Å². The van der Waals surface area contributed by atoms with Crippen molar-refractivity contribution in [2.24, 2.45) is 0 Å². The Balaban J connectivity index is 1.59. The zero-order valence-electron chi connectivity index (χ0n) is 11.5. The molecule has 0 saturated carbocycles. The summed E-state index contributed by atoms with van der Waals surface area (Å²) >= 11 is 0. The molecule has 2 fully saturated rings. The van der Waals surface area contributed by atoms with Crippen LogP contribution in [0.1, 0.15) is 12.2 Å². The molecule has 2 aliphatic heterocycles. The standard InChI is InChI=1S/C14H20N2O4/c17-13(18)14(3-9-19-11-14)16-6-4-15(5-7-16)10-12-2-1-8-20-12/h1-2,8H,3-7,9-11H2,(H,17,18). The number of piperazine rings is 1. The summed E-state index contributed by atoms with van der Waals surface area (Å²) in [5, 5.41) is 9.54. The molecule has 1 atom stereocenters. The monoisotopic (exact) mass is 280 g/mol. The summed E-state index contributed by atoms with van der Waals surface area (Å²) < 4.78 is 10.7. The van der Waals surface area contributed by atoms with E-state index < -0.39 is 11.5 Å². The van der Waals surface area contributed by atoms with Gasteiger partial charge >= 0.3 is 5.97 Å². The lowest BCUT2D eigenvalue weighted by molar-refractivity contribution is -0.153. The van der Waals surface area contributed by atoms with Gasteiger partial charge in [0.2, 0.25) is 0 Å². The van der Waals surface area contributed by atoms with E-state index in [0.29, 0.717) is 19.6 Å². The number of hydrogen-bond acceptors (Lipinski definition) is 5. The van der Waals surface area contributed by atoms with Gasteiger partial charge in [0, 0.05) is 39.2 Å². The molecule has 0 aliphatic carbocycles. The van der Waals surface area contributed by atoms with Crippen molar-refractivity contribution in [1.29, 1.82) is 0 Å². The highest BCUT2D eigenvalue weighted by Gasteiger charge is 2.48. The maximum Gasteiger partial charge on any atom is 0.326 e. The maximum atomic E-state index is 11.6. The molecule has 0 aromatic carbocycles. The Morgan fingerprint density at radius 1 is 1.35 bits per heavy atom. The Kier molecular flexibility index (Phi) is 3.78. The van der Waals surface area contributed by atoms with Gasteiger partial charge in [0.1, 0.15) is 11.3 Å². The Morgan fingerprint density at radius 3 is 2.70 bits per heavy atom. The number of hydrogen-bond donors (Lipinski definition) is 1. The Morgan fingerprint density at radius 2 is 2.15 bits per heavy atom. The molecule has 1 aromatic rings. The first-order valence-corrected chi connectivity index (χ1v) is 7.02. The minimum absolute atomic E-state index is 0.306. The second kappa shape index (κ2) is 5.55. The lowest BCUT2D eigenvalue weighted by atomic mass is 9.95. The fraction of sp³-hybridized carbons (Fsp3) is 0.643. The minimum Gasteiger partial charge on any atom is -0.480 e. The van der Waals surface area contributed by atoms with Gasteiger partial charge in [-0.25, -0.2) is 0 Å². The lowest BCUT2D eigenvalue weighted by Gasteiger charge is -2.42. The van der Waals surface area contributed by atoms with Crippen LogP contribution in [0.3, 0.4) is 0 Å². The van der Waals surface area contributed by atoms with Crippen LogP contribution in [0.15, 0.2) is 22.8 Å². The van der Waals surface area contributed by atoms with Crippen LogP contribution in [0.25, 0.3) is 0 Å². The van der Waals surface area contributed by atoms with E-state index in [2.05, 4.69) is 9.80 Å². The van der Waals surface area contributed by atoms with Crippen molar-refractivity contribution in [1.82, 2.24) is 9.80 Å². The Hall–Kier alpha value is -1.37. The Labute approximate surface area is 117 Å². The van der Waals surface area contributed by atoms with Gasteiger partial charge in [-0.2, -0.15) is 0 Å². The molecule has 6 heteroatoms. The molecule has 6 nitrogen and oxygen atoms in total. The summed E-state index contributed by atoms with van der Waals surface area (Å²) in [5.41, 5.74) is -0.809. The van der Waals surface area contributed by atoms with E-state index in [4.69, 9.17) is 9.15 Å². The zero-order valence-corrected chi connectivity index (χ0v) is 11.5. The van der Waals surface area contributed by atoms with Crippen molar-refractivity contribution >= 4 is 5.97 Å². The van der Waals surface area contributed by atoms with E-state index in [1.54, 1.807) is 6.26 Å². The summed E-state index contributed by atoms with van der Waals surface area (Å²) in [6, 6.07) is 3.86. The lowest BCUT2D eigenvalue weighted by Crippen LogP contribution is -2.61. The topological polar surface area (TPSA) is 66.2 Å². The normalized spacial score (nSPS) is 28.8. The molecule has 0 radical (unpaired) electrons. The molecule has 0 bridgehead atoms. The van der Waals surface area contributed by atoms with Gasteiger partial charge in [-0.05, 0) is 12.1 Å². The quantitative estimate of drug-likeness (QED) is 0.873. The fourth-order valence-corrected chi connectivity index (χ4v) is 3.06. The third-order valence-corrected chi connectivity index (χ3v) is 4.34. The molecule has 1 N–H and O–H groups in total. The number of aliphatic carboxylic acids is 1. The maximum absolute atomic E-state index is 11.6. The molecule has 2 saturated heterocycles. The van der Waals surface area contributed by atoms with E-state index in [9.17, 15) is 9.90 Å². The number of carbonyl (C=O) groups is 1. The highest BCUT2D eigenvalue weighted by molar-refractivity contribution is 5.79.